The highest BCUT2D eigenvalue weighted by Gasteiger charge is 2.18. The summed E-state index contributed by atoms with van der Waals surface area (Å²) in [4.78, 5) is 19.9. The highest BCUT2D eigenvalue weighted by molar-refractivity contribution is 5.91. The van der Waals surface area contributed by atoms with Gasteiger partial charge in [-0.05, 0) is 36.8 Å². The largest absolute Gasteiger partial charge is 0.368 e. The standard InChI is InChI=1S/C17H20N4O/c1-13-3-2-4-14(11-13)20-7-9-21(10-8-20)15-5-6-19-16(12-15)17(18)22/h2-6,11-12H,7-10H2,1H3,(H2,18,22). The van der Waals surface area contributed by atoms with Crippen molar-refractivity contribution in [1.29, 1.82) is 0 Å². The van der Waals surface area contributed by atoms with Crippen LogP contribution in [0.1, 0.15) is 16.1 Å². The molecule has 0 bridgehead atoms. The third-order valence-electron chi connectivity index (χ3n) is 4.01. The summed E-state index contributed by atoms with van der Waals surface area (Å²) in [7, 11) is 0. The molecule has 0 unspecified atom stereocenters. The van der Waals surface area contributed by atoms with Crippen molar-refractivity contribution in [3.05, 3.63) is 53.9 Å². The predicted octanol–water partition coefficient (Wildman–Crippen LogP) is 1.82. The van der Waals surface area contributed by atoms with E-state index >= 15 is 0 Å². The summed E-state index contributed by atoms with van der Waals surface area (Å²) in [6.07, 6.45) is 1.64. The average Bonchev–Trinajstić information content (AvgIpc) is 2.55. The fourth-order valence-electron chi connectivity index (χ4n) is 2.80. The van der Waals surface area contributed by atoms with E-state index in [1.807, 2.05) is 6.07 Å². The maximum Gasteiger partial charge on any atom is 0.267 e. The molecule has 0 aliphatic carbocycles. The first-order valence-corrected chi connectivity index (χ1v) is 7.46. The molecule has 114 valence electrons. The maximum atomic E-state index is 11.2. The molecule has 0 radical (unpaired) electrons. The van der Waals surface area contributed by atoms with Crippen molar-refractivity contribution in [3.63, 3.8) is 0 Å². The van der Waals surface area contributed by atoms with E-state index in [1.165, 1.54) is 11.3 Å². The van der Waals surface area contributed by atoms with Crippen LogP contribution in [0.3, 0.4) is 0 Å². The molecule has 5 nitrogen and oxygen atoms in total. The minimum atomic E-state index is -0.486. The number of piperazine rings is 1. The molecule has 22 heavy (non-hydrogen) atoms. The van der Waals surface area contributed by atoms with E-state index in [1.54, 1.807) is 12.3 Å². The van der Waals surface area contributed by atoms with Crippen LogP contribution >= 0.6 is 0 Å². The molecule has 1 aliphatic heterocycles. The van der Waals surface area contributed by atoms with Gasteiger partial charge in [-0.2, -0.15) is 0 Å². The van der Waals surface area contributed by atoms with E-state index in [4.69, 9.17) is 5.73 Å². The van der Waals surface area contributed by atoms with Crippen LogP contribution in [0, 0.1) is 6.92 Å². The lowest BCUT2D eigenvalue weighted by atomic mass is 10.2. The van der Waals surface area contributed by atoms with Crippen LogP contribution in [0.5, 0.6) is 0 Å². The first-order chi connectivity index (χ1) is 10.6. The van der Waals surface area contributed by atoms with Gasteiger partial charge in [0.15, 0.2) is 0 Å². The molecule has 2 aromatic rings. The number of hydrogen-bond acceptors (Lipinski definition) is 4. The molecule has 1 aliphatic rings. The van der Waals surface area contributed by atoms with Gasteiger partial charge in [0.2, 0.25) is 0 Å². The van der Waals surface area contributed by atoms with Crippen LogP contribution < -0.4 is 15.5 Å². The molecular weight excluding hydrogens is 276 g/mol. The van der Waals surface area contributed by atoms with E-state index in [9.17, 15) is 4.79 Å². The smallest absolute Gasteiger partial charge is 0.267 e. The minimum absolute atomic E-state index is 0.318. The zero-order valence-electron chi connectivity index (χ0n) is 12.7. The molecule has 3 rings (SSSR count). The number of rotatable bonds is 3. The SMILES string of the molecule is Cc1cccc(N2CCN(c3ccnc(C(N)=O)c3)CC2)c1. The number of hydrogen-bond donors (Lipinski definition) is 1. The number of primary amides is 1. The lowest BCUT2D eigenvalue weighted by Gasteiger charge is -2.37. The van der Waals surface area contributed by atoms with Crippen molar-refractivity contribution in [1.82, 2.24) is 4.98 Å². The van der Waals surface area contributed by atoms with Crippen molar-refractivity contribution >= 4 is 17.3 Å². The Hall–Kier alpha value is -2.56. The lowest BCUT2D eigenvalue weighted by Crippen LogP contribution is -2.46. The monoisotopic (exact) mass is 296 g/mol. The van der Waals surface area contributed by atoms with Crippen molar-refractivity contribution in [2.24, 2.45) is 5.73 Å². The summed E-state index contributed by atoms with van der Waals surface area (Å²) in [6, 6.07) is 12.3. The van der Waals surface area contributed by atoms with Gasteiger partial charge in [-0.25, -0.2) is 0 Å². The van der Waals surface area contributed by atoms with Crippen molar-refractivity contribution in [2.45, 2.75) is 6.92 Å². The van der Waals surface area contributed by atoms with Gasteiger partial charge in [-0.15, -0.1) is 0 Å². The zero-order chi connectivity index (χ0) is 15.5. The van der Waals surface area contributed by atoms with Crippen molar-refractivity contribution in [2.75, 3.05) is 36.0 Å². The Balaban J connectivity index is 1.69. The van der Waals surface area contributed by atoms with Gasteiger partial charge >= 0.3 is 0 Å². The Bertz CT molecular complexity index is 678. The molecule has 1 aromatic carbocycles. The first kappa shape index (κ1) is 14.4. The first-order valence-electron chi connectivity index (χ1n) is 7.46. The summed E-state index contributed by atoms with van der Waals surface area (Å²) in [5.41, 5.74) is 9.17. The Morgan fingerprint density at radius 3 is 2.27 bits per heavy atom. The topological polar surface area (TPSA) is 62.5 Å². The van der Waals surface area contributed by atoms with Crippen LogP contribution in [-0.4, -0.2) is 37.1 Å². The van der Waals surface area contributed by atoms with Gasteiger partial charge in [0.25, 0.3) is 5.91 Å². The predicted molar refractivity (Wildman–Crippen MR) is 88.4 cm³/mol. The zero-order valence-corrected chi connectivity index (χ0v) is 12.7. The molecule has 1 saturated heterocycles. The molecule has 2 N–H and O–H groups in total. The van der Waals surface area contributed by atoms with E-state index < -0.39 is 5.91 Å². The van der Waals surface area contributed by atoms with Crippen molar-refractivity contribution in [3.8, 4) is 0 Å². The van der Waals surface area contributed by atoms with Gasteiger partial charge in [0.05, 0.1) is 0 Å². The van der Waals surface area contributed by atoms with E-state index in [2.05, 4.69) is 46.0 Å². The molecule has 5 heteroatoms. The minimum Gasteiger partial charge on any atom is -0.368 e. The summed E-state index contributed by atoms with van der Waals surface area (Å²) in [5.74, 6) is -0.486. The van der Waals surface area contributed by atoms with Crippen LogP contribution in [0.25, 0.3) is 0 Å². The van der Waals surface area contributed by atoms with Gasteiger partial charge in [0.1, 0.15) is 5.69 Å². The quantitative estimate of drug-likeness (QED) is 0.938. The number of nitrogens with zero attached hydrogens (tertiary/aromatic N) is 3. The number of aromatic nitrogens is 1. The fraction of sp³-hybridized carbons (Fsp3) is 0.294. The molecular formula is C17H20N4O. The fourth-order valence-corrected chi connectivity index (χ4v) is 2.80. The summed E-state index contributed by atoms with van der Waals surface area (Å²) < 4.78 is 0. The maximum absolute atomic E-state index is 11.2. The molecule has 1 aromatic heterocycles. The van der Waals surface area contributed by atoms with Gasteiger partial charge in [0, 0.05) is 43.8 Å². The van der Waals surface area contributed by atoms with Gasteiger partial charge < -0.3 is 15.5 Å². The number of benzene rings is 1. The Labute approximate surface area is 130 Å². The third-order valence-corrected chi connectivity index (χ3v) is 4.01. The number of anilines is 2. The number of amides is 1. The van der Waals surface area contributed by atoms with Crippen LogP contribution in [0.4, 0.5) is 11.4 Å². The molecule has 2 heterocycles. The average molecular weight is 296 g/mol. The summed E-state index contributed by atoms with van der Waals surface area (Å²) in [6.45, 7) is 5.85. The molecule has 1 amide bonds. The number of aryl methyl sites for hydroxylation is 1. The second-order valence-corrected chi connectivity index (χ2v) is 5.58. The normalized spacial score (nSPS) is 15.0. The van der Waals surface area contributed by atoms with Crippen LogP contribution in [0.15, 0.2) is 42.6 Å². The Kier molecular flexibility index (Phi) is 3.96. The summed E-state index contributed by atoms with van der Waals surface area (Å²) >= 11 is 0. The number of carbonyl (C=O) groups excluding carboxylic acids is 1. The molecule has 1 fully saturated rings. The van der Waals surface area contributed by atoms with Gasteiger partial charge in [-0.1, -0.05) is 12.1 Å². The Morgan fingerprint density at radius 1 is 1.05 bits per heavy atom. The van der Waals surface area contributed by atoms with E-state index in [0.717, 1.165) is 31.9 Å². The van der Waals surface area contributed by atoms with Gasteiger partial charge in [-0.3, -0.25) is 9.78 Å². The number of carbonyl (C=O) groups is 1. The number of nitrogens with two attached hydrogens (primary N) is 1. The van der Waals surface area contributed by atoms with Crippen LogP contribution in [0.2, 0.25) is 0 Å². The second-order valence-electron chi connectivity index (χ2n) is 5.58. The third kappa shape index (κ3) is 3.03. The second kappa shape index (κ2) is 6.05. The molecule has 0 saturated carbocycles. The summed E-state index contributed by atoms with van der Waals surface area (Å²) in [5, 5.41) is 0. The van der Waals surface area contributed by atoms with E-state index in [-0.39, 0.29) is 0 Å². The van der Waals surface area contributed by atoms with Crippen LogP contribution in [-0.2, 0) is 0 Å². The highest BCUT2D eigenvalue weighted by atomic mass is 16.1. The molecule has 0 spiro atoms. The van der Waals surface area contributed by atoms with Crippen molar-refractivity contribution < 1.29 is 4.79 Å². The van der Waals surface area contributed by atoms with E-state index in [0.29, 0.717) is 5.69 Å². The lowest BCUT2D eigenvalue weighted by molar-refractivity contribution is 0.0995. The highest BCUT2D eigenvalue weighted by Crippen LogP contribution is 2.21. The number of pyridine rings is 1. The molecule has 0 atom stereocenters. The Morgan fingerprint density at radius 2 is 1.68 bits per heavy atom.